The zero-order chi connectivity index (χ0) is 14.9. The molecule has 2 rings (SSSR count). The first-order valence-corrected chi connectivity index (χ1v) is 8.14. The van der Waals surface area contributed by atoms with Crippen LogP contribution in [0.5, 0.6) is 0 Å². The molecule has 4 heteroatoms. The molecule has 0 bridgehead atoms. The molecule has 2 aromatic rings. The molecule has 0 aliphatic heterocycles. The summed E-state index contributed by atoms with van der Waals surface area (Å²) in [4.78, 5) is 4.82. The molecule has 21 heavy (non-hydrogen) atoms. The predicted octanol–water partition coefficient (Wildman–Crippen LogP) is 3.08. The van der Waals surface area contributed by atoms with E-state index in [2.05, 4.69) is 66.8 Å². The smallest absolute Gasteiger partial charge is 0.0593 e. The van der Waals surface area contributed by atoms with E-state index in [0.29, 0.717) is 0 Å². The van der Waals surface area contributed by atoms with Gasteiger partial charge in [0, 0.05) is 29.4 Å². The van der Waals surface area contributed by atoms with Crippen LogP contribution in [0.2, 0.25) is 0 Å². The maximum Gasteiger partial charge on any atom is 0.0593 e. The Hall–Kier alpha value is -1.20. The van der Waals surface area contributed by atoms with Crippen LogP contribution in [0.15, 0.2) is 42.5 Å². The fourth-order valence-electron chi connectivity index (χ4n) is 1.94. The molecule has 3 nitrogen and oxygen atoms in total. The molecule has 1 heterocycles. The molecule has 0 aliphatic rings. The second-order valence-corrected chi connectivity index (χ2v) is 6.39. The highest BCUT2D eigenvalue weighted by Gasteiger charge is 2.02. The largest absolute Gasteiger partial charge is 0.379 e. The van der Waals surface area contributed by atoms with Crippen molar-refractivity contribution >= 4 is 11.3 Å². The minimum Gasteiger partial charge on any atom is -0.379 e. The minimum absolute atomic E-state index is 0.769. The van der Waals surface area contributed by atoms with Crippen molar-refractivity contribution in [2.45, 2.75) is 6.54 Å². The first-order valence-electron chi connectivity index (χ1n) is 7.33. The second kappa shape index (κ2) is 8.95. The van der Waals surface area contributed by atoms with E-state index < -0.39 is 0 Å². The first kappa shape index (κ1) is 16.2. The highest BCUT2D eigenvalue weighted by atomic mass is 32.1. The van der Waals surface area contributed by atoms with Crippen LogP contribution in [-0.2, 0) is 11.3 Å². The summed E-state index contributed by atoms with van der Waals surface area (Å²) in [6.07, 6.45) is 0. The van der Waals surface area contributed by atoms with E-state index in [1.165, 1.54) is 15.3 Å². The van der Waals surface area contributed by atoms with Crippen LogP contribution >= 0.6 is 11.3 Å². The van der Waals surface area contributed by atoms with Crippen molar-refractivity contribution in [3.63, 3.8) is 0 Å². The van der Waals surface area contributed by atoms with Crippen LogP contribution in [0.3, 0.4) is 0 Å². The summed E-state index contributed by atoms with van der Waals surface area (Å²) >= 11 is 1.85. The van der Waals surface area contributed by atoms with Gasteiger partial charge in [0.15, 0.2) is 0 Å². The molecule has 0 fully saturated rings. The van der Waals surface area contributed by atoms with Gasteiger partial charge in [0.1, 0.15) is 0 Å². The Kier molecular flexibility index (Phi) is 6.89. The van der Waals surface area contributed by atoms with Crippen LogP contribution < -0.4 is 5.32 Å². The third-order valence-electron chi connectivity index (χ3n) is 3.13. The van der Waals surface area contributed by atoms with Crippen molar-refractivity contribution in [3.8, 4) is 10.4 Å². The third kappa shape index (κ3) is 5.98. The van der Waals surface area contributed by atoms with Gasteiger partial charge in [-0.2, -0.15) is 0 Å². The molecule has 0 atom stereocenters. The molecule has 0 unspecified atom stereocenters. The van der Waals surface area contributed by atoms with E-state index >= 15 is 0 Å². The Morgan fingerprint density at radius 3 is 2.62 bits per heavy atom. The average Bonchev–Trinajstić information content (AvgIpc) is 2.96. The molecule has 0 saturated carbocycles. The van der Waals surface area contributed by atoms with Crippen molar-refractivity contribution in [1.29, 1.82) is 0 Å². The van der Waals surface area contributed by atoms with E-state index in [1.807, 2.05) is 11.3 Å². The highest BCUT2D eigenvalue weighted by molar-refractivity contribution is 7.15. The molecular weight excluding hydrogens is 280 g/mol. The van der Waals surface area contributed by atoms with Crippen molar-refractivity contribution in [2.75, 3.05) is 40.4 Å². The van der Waals surface area contributed by atoms with Gasteiger partial charge in [-0.3, -0.25) is 0 Å². The lowest BCUT2D eigenvalue weighted by atomic mass is 10.2. The molecular formula is C17H24N2OS. The van der Waals surface area contributed by atoms with Gasteiger partial charge in [0.2, 0.25) is 0 Å². The number of nitrogens with zero attached hydrogens (tertiary/aromatic N) is 1. The number of likely N-dealkylation sites (N-methyl/N-ethyl adjacent to an activating group) is 1. The van der Waals surface area contributed by atoms with Gasteiger partial charge < -0.3 is 15.0 Å². The van der Waals surface area contributed by atoms with Crippen LogP contribution in [0.4, 0.5) is 0 Å². The number of hydrogen-bond donors (Lipinski definition) is 1. The molecule has 0 spiro atoms. The topological polar surface area (TPSA) is 24.5 Å². The Labute approximate surface area is 131 Å². The standard InChI is InChI=1S/C17H24N2OS/c1-19(2)11-13-20-12-10-18-14-16-8-9-17(21-16)15-6-4-3-5-7-15/h3-9,18H,10-14H2,1-2H3. The summed E-state index contributed by atoms with van der Waals surface area (Å²) in [5.41, 5.74) is 1.29. The molecule has 0 saturated heterocycles. The summed E-state index contributed by atoms with van der Waals surface area (Å²) < 4.78 is 5.56. The summed E-state index contributed by atoms with van der Waals surface area (Å²) in [5.74, 6) is 0. The predicted molar refractivity (Wildman–Crippen MR) is 90.8 cm³/mol. The van der Waals surface area contributed by atoms with Crippen LogP contribution in [0.1, 0.15) is 4.88 Å². The SMILES string of the molecule is CN(C)CCOCCNCc1ccc(-c2ccccc2)s1. The van der Waals surface area contributed by atoms with Gasteiger partial charge in [-0.15, -0.1) is 11.3 Å². The van der Waals surface area contributed by atoms with Gasteiger partial charge in [0.25, 0.3) is 0 Å². The lowest BCUT2D eigenvalue weighted by Crippen LogP contribution is -2.22. The summed E-state index contributed by atoms with van der Waals surface area (Å²) in [5, 5.41) is 3.43. The van der Waals surface area contributed by atoms with Crippen molar-refractivity contribution in [1.82, 2.24) is 10.2 Å². The van der Waals surface area contributed by atoms with E-state index in [9.17, 15) is 0 Å². The highest BCUT2D eigenvalue weighted by Crippen LogP contribution is 2.27. The normalized spacial score (nSPS) is 11.2. The quantitative estimate of drug-likeness (QED) is 0.721. The molecule has 114 valence electrons. The summed E-state index contributed by atoms with van der Waals surface area (Å²) in [7, 11) is 4.12. The van der Waals surface area contributed by atoms with Crippen LogP contribution in [-0.4, -0.2) is 45.3 Å². The number of thiophene rings is 1. The summed E-state index contributed by atoms with van der Waals surface area (Å²) in [6.45, 7) is 4.35. The Morgan fingerprint density at radius 1 is 1.05 bits per heavy atom. The Balaban J connectivity index is 1.65. The summed E-state index contributed by atoms with van der Waals surface area (Å²) in [6, 6.07) is 14.9. The van der Waals surface area contributed by atoms with Crippen molar-refractivity contribution in [3.05, 3.63) is 47.3 Å². The fraction of sp³-hybridized carbons (Fsp3) is 0.412. The van der Waals surface area contributed by atoms with Gasteiger partial charge in [-0.25, -0.2) is 0 Å². The number of benzene rings is 1. The number of nitrogens with one attached hydrogen (secondary N) is 1. The van der Waals surface area contributed by atoms with Gasteiger partial charge >= 0.3 is 0 Å². The Bertz CT molecular complexity index is 511. The van der Waals surface area contributed by atoms with E-state index in [-0.39, 0.29) is 0 Å². The molecule has 1 aromatic carbocycles. The van der Waals surface area contributed by atoms with Crippen molar-refractivity contribution < 1.29 is 4.74 Å². The van der Waals surface area contributed by atoms with Gasteiger partial charge in [-0.1, -0.05) is 30.3 Å². The van der Waals surface area contributed by atoms with Crippen molar-refractivity contribution in [2.24, 2.45) is 0 Å². The monoisotopic (exact) mass is 304 g/mol. The zero-order valence-electron chi connectivity index (χ0n) is 12.8. The van der Waals surface area contributed by atoms with Gasteiger partial charge in [0.05, 0.1) is 13.2 Å². The second-order valence-electron chi connectivity index (χ2n) is 5.22. The van der Waals surface area contributed by atoms with E-state index in [1.54, 1.807) is 0 Å². The Morgan fingerprint density at radius 2 is 1.86 bits per heavy atom. The maximum atomic E-state index is 5.56. The molecule has 1 aromatic heterocycles. The third-order valence-corrected chi connectivity index (χ3v) is 4.26. The number of hydrogen-bond acceptors (Lipinski definition) is 4. The van der Waals surface area contributed by atoms with Crippen LogP contribution in [0.25, 0.3) is 10.4 Å². The molecule has 1 N–H and O–H groups in total. The first-order chi connectivity index (χ1) is 10.3. The maximum absolute atomic E-state index is 5.56. The van der Waals surface area contributed by atoms with Crippen LogP contribution in [0, 0.1) is 0 Å². The lowest BCUT2D eigenvalue weighted by Gasteiger charge is -2.09. The molecule has 0 radical (unpaired) electrons. The lowest BCUT2D eigenvalue weighted by molar-refractivity contribution is 0.119. The minimum atomic E-state index is 0.769. The molecule has 0 amide bonds. The van der Waals surface area contributed by atoms with Gasteiger partial charge in [-0.05, 0) is 31.8 Å². The van der Waals surface area contributed by atoms with E-state index in [0.717, 1.165) is 32.8 Å². The van der Waals surface area contributed by atoms with E-state index in [4.69, 9.17) is 4.74 Å². The number of ether oxygens (including phenoxy) is 1. The number of rotatable bonds is 9. The fourth-order valence-corrected chi connectivity index (χ4v) is 2.92. The average molecular weight is 304 g/mol. The molecule has 0 aliphatic carbocycles. The zero-order valence-corrected chi connectivity index (χ0v) is 13.7.